The number of benzene rings is 1. The van der Waals surface area contributed by atoms with Crippen molar-refractivity contribution in [2.75, 3.05) is 14.2 Å². The monoisotopic (exact) mass is 680 g/mol. The Morgan fingerprint density at radius 2 is 1.57 bits per heavy atom. The van der Waals surface area contributed by atoms with Gasteiger partial charge in [-0.2, -0.15) is 0 Å². The lowest BCUT2D eigenvalue weighted by Gasteiger charge is -2.67. The Hall–Kier alpha value is -3.47. The van der Waals surface area contributed by atoms with E-state index < -0.39 is 63.5 Å². The maximum absolute atomic E-state index is 13.3. The molecular formula is C39H52O10. The number of rotatable bonds is 9. The molecule has 3 N–H and O–H groups in total. The van der Waals surface area contributed by atoms with Gasteiger partial charge in [0.2, 0.25) is 0 Å². The average Bonchev–Trinajstić information content (AvgIpc) is 3.29. The van der Waals surface area contributed by atoms with E-state index in [2.05, 4.69) is 0 Å². The molecule has 0 saturated heterocycles. The molecule has 268 valence electrons. The lowest BCUT2D eigenvalue weighted by molar-refractivity contribution is -0.314. The van der Waals surface area contributed by atoms with Gasteiger partial charge in [0, 0.05) is 30.6 Å². The molecule has 5 rings (SSSR count). The van der Waals surface area contributed by atoms with E-state index in [-0.39, 0.29) is 31.6 Å². The molecule has 0 amide bonds. The smallest absolute Gasteiger partial charge is 0.331 e. The van der Waals surface area contributed by atoms with E-state index in [1.54, 1.807) is 45.4 Å². The highest BCUT2D eigenvalue weighted by Gasteiger charge is 2.81. The summed E-state index contributed by atoms with van der Waals surface area (Å²) in [6, 6.07) is 5.30. The zero-order chi connectivity index (χ0) is 36.2. The quantitative estimate of drug-likeness (QED) is 0.179. The number of hydrogen-bond acceptors (Lipinski definition) is 10. The second-order valence-electron chi connectivity index (χ2n) is 15.3. The second-order valence-corrected chi connectivity index (χ2v) is 15.3. The molecule has 10 nitrogen and oxygen atoms in total. The van der Waals surface area contributed by atoms with Crippen molar-refractivity contribution in [1.82, 2.24) is 0 Å². The third kappa shape index (κ3) is 5.83. The molecule has 1 aromatic rings. The third-order valence-electron chi connectivity index (χ3n) is 12.7. The van der Waals surface area contributed by atoms with E-state index in [0.29, 0.717) is 30.8 Å². The van der Waals surface area contributed by atoms with Crippen molar-refractivity contribution in [3.63, 3.8) is 0 Å². The van der Waals surface area contributed by atoms with Crippen molar-refractivity contribution in [2.45, 2.75) is 115 Å². The summed E-state index contributed by atoms with van der Waals surface area (Å²) in [5, 5.41) is 37.2. The average molecular weight is 681 g/mol. The van der Waals surface area contributed by atoms with Gasteiger partial charge >= 0.3 is 11.9 Å². The van der Waals surface area contributed by atoms with Crippen LogP contribution in [0.3, 0.4) is 0 Å². The minimum Gasteiger partial charge on any atom is -0.497 e. The van der Waals surface area contributed by atoms with Gasteiger partial charge in [-0.05, 0) is 94.4 Å². The first kappa shape index (κ1) is 36.8. The van der Waals surface area contributed by atoms with Crippen LogP contribution < -0.4 is 9.47 Å². The fourth-order valence-electron chi connectivity index (χ4n) is 9.28. The van der Waals surface area contributed by atoms with Crippen molar-refractivity contribution >= 4 is 23.8 Å². The van der Waals surface area contributed by atoms with Crippen molar-refractivity contribution in [1.29, 1.82) is 0 Å². The van der Waals surface area contributed by atoms with Crippen molar-refractivity contribution < 1.29 is 48.7 Å². The standard InChI is InChI=1S/C39H52O10/c1-23(2)24(3)17-34(42)49-32-22-31-35(5)13-12-28(48-33(41)10-9-26-18-29(46-7)21-30(19-26)47-8)20-27(35)11-14-38(31,44)39(45)16-15-37(43,25(4)40)36(32,39)6/h9-11,17-19,21,23,28,31-32,43-45H,12-16,20,22H2,1-8H3/b10-9+,24-17+/t28-,31?,32+,35-,36+,37+,38-,39+/m0/s1. The summed E-state index contributed by atoms with van der Waals surface area (Å²) in [6.07, 6.45) is 6.52. The molecule has 10 heteroatoms. The first-order chi connectivity index (χ1) is 22.9. The summed E-state index contributed by atoms with van der Waals surface area (Å²) < 4.78 is 22.6. The highest BCUT2D eigenvalue weighted by Crippen LogP contribution is 2.71. The first-order valence-electron chi connectivity index (χ1n) is 17.3. The van der Waals surface area contributed by atoms with E-state index in [0.717, 1.165) is 16.7 Å². The van der Waals surface area contributed by atoms with E-state index in [1.165, 1.54) is 19.1 Å². The molecule has 1 unspecified atom stereocenters. The summed E-state index contributed by atoms with van der Waals surface area (Å²) in [5.74, 6) is -0.916. The van der Waals surface area contributed by atoms with Crippen LogP contribution in [0.1, 0.15) is 92.1 Å². The molecule has 8 atom stereocenters. The maximum atomic E-state index is 13.3. The number of fused-ring (bicyclic) bond motifs is 5. The number of methoxy groups -OCH3 is 2. The van der Waals surface area contributed by atoms with E-state index in [4.69, 9.17) is 18.9 Å². The van der Waals surface area contributed by atoms with Crippen LogP contribution in [0.2, 0.25) is 0 Å². The number of esters is 2. The molecule has 3 fully saturated rings. The van der Waals surface area contributed by atoms with Gasteiger partial charge in [0.1, 0.15) is 40.5 Å². The topological polar surface area (TPSA) is 149 Å². The Kier molecular flexibility index (Phi) is 9.77. The van der Waals surface area contributed by atoms with Gasteiger partial charge in [0.05, 0.1) is 19.6 Å². The van der Waals surface area contributed by atoms with Crippen molar-refractivity contribution in [3.05, 3.63) is 53.1 Å². The molecule has 4 aliphatic rings. The van der Waals surface area contributed by atoms with Crippen LogP contribution in [-0.2, 0) is 23.9 Å². The van der Waals surface area contributed by atoms with Crippen LogP contribution >= 0.6 is 0 Å². The molecule has 0 spiro atoms. The SMILES string of the molecule is COc1cc(/C=C/C(=O)O[C@H]2CC[C@@]3(C)C(=CC[C@]4(O)C3C[C@@H](OC(=O)/C=C(\C)C(C)C)[C@@]3(C)[C@]4(O)CC[C@@]3(O)C(C)=O)C2)cc(OC)c1. The van der Waals surface area contributed by atoms with E-state index in [1.807, 2.05) is 33.8 Å². The van der Waals surface area contributed by atoms with Crippen LogP contribution in [0.25, 0.3) is 6.08 Å². The predicted octanol–water partition coefficient (Wildman–Crippen LogP) is 5.27. The summed E-state index contributed by atoms with van der Waals surface area (Å²) in [7, 11) is 3.11. The zero-order valence-corrected chi connectivity index (χ0v) is 30.0. The van der Waals surface area contributed by atoms with Crippen LogP contribution in [0.5, 0.6) is 11.5 Å². The molecule has 0 aromatic heterocycles. The van der Waals surface area contributed by atoms with Gasteiger partial charge in [-0.3, -0.25) is 4.79 Å². The lowest BCUT2D eigenvalue weighted by Crippen LogP contribution is -2.78. The zero-order valence-electron chi connectivity index (χ0n) is 30.0. The number of carbonyl (C=O) groups excluding carboxylic acids is 3. The number of Topliss-reactive ketones (excluding diaryl/α,β-unsaturated/α-hetero) is 1. The molecule has 3 saturated carbocycles. The van der Waals surface area contributed by atoms with Gasteiger partial charge in [-0.25, -0.2) is 9.59 Å². The van der Waals surface area contributed by atoms with Crippen molar-refractivity contribution in [3.8, 4) is 11.5 Å². The number of aliphatic hydroxyl groups is 3. The molecular weight excluding hydrogens is 628 g/mol. The van der Waals surface area contributed by atoms with Crippen molar-refractivity contribution in [2.24, 2.45) is 22.7 Å². The van der Waals surface area contributed by atoms with Gasteiger partial charge < -0.3 is 34.3 Å². The number of ketones is 1. The number of ether oxygens (including phenoxy) is 4. The molecule has 1 aromatic carbocycles. The maximum Gasteiger partial charge on any atom is 0.331 e. The van der Waals surface area contributed by atoms with Crippen LogP contribution in [-0.4, -0.2) is 76.3 Å². The van der Waals surface area contributed by atoms with E-state index in [9.17, 15) is 29.7 Å². The fraction of sp³-hybridized carbons (Fsp3) is 0.615. The highest BCUT2D eigenvalue weighted by molar-refractivity contribution is 5.88. The molecule has 0 aliphatic heterocycles. The van der Waals surface area contributed by atoms with Crippen LogP contribution in [0.4, 0.5) is 0 Å². The van der Waals surface area contributed by atoms with Gasteiger partial charge in [0.25, 0.3) is 0 Å². The Morgan fingerprint density at radius 3 is 2.16 bits per heavy atom. The Labute approximate surface area is 289 Å². The second kappa shape index (κ2) is 13.0. The Balaban J connectivity index is 1.42. The van der Waals surface area contributed by atoms with Gasteiger partial charge in [0.15, 0.2) is 5.78 Å². The van der Waals surface area contributed by atoms with E-state index >= 15 is 0 Å². The van der Waals surface area contributed by atoms with Crippen LogP contribution in [0.15, 0.2) is 47.6 Å². The number of allylic oxidation sites excluding steroid dienone is 1. The summed E-state index contributed by atoms with van der Waals surface area (Å²) in [5.41, 5.74) is -5.43. The molecule has 4 aliphatic carbocycles. The highest BCUT2D eigenvalue weighted by atomic mass is 16.6. The lowest BCUT2D eigenvalue weighted by atomic mass is 9.42. The summed E-state index contributed by atoms with van der Waals surface area (Å²) >= 11 is 0. The summed E-state index contributed by atoms with van der Waals surface area (Å²) in [6.45, 7) is 10.7. The Morgan fingerprint density at radius 1 is 0.918 bits per heavy atom. The largest absolute Gasteiger partial charge is 0.497 e. The molecule has 0 bridgehead atoms. The number of carbonyl (C=O) groups is 3. The number of hydrogen-bond donors (Lipinski definition) is 3. The normalized spacial score (nSPS) is 37.1. The minimum atomic E-state index is -2.01. The summed E-state index contributed by atoms with van der Waals surface area (Å²) in [4.78, 5) is 39.3. The predicted molar refractivity (Wildman–Crippen MR) is 183 cm³/mol. The molecule has 49 heavy (non-hydrogen) atoms. The third-order valence-corrected chi connectivity index (χ3v) is 12.7. The molecule has 0 heterocycles. The first-order valence-corrected chi connectivity index (χ1v) is 17.3. The molecule has 0 radical (unpaired) electrons. The van der Waals surface area contributed by atoms with Gasteiger partial charge in [-0.1, -0.05) is 38.0 Å². The van der Waals surface area contributed by atoms with Crippen LogP contribution in [0, 0.1) is 22.7 Å². The van der Waals surface area contributed by atoms with Gasteiger partial charge in [-0.15, -0.1) is 0 Å². The fourth-order valence-corrected chi connectivity index (χ4v) is 9.28. The minimum absolute atomic E-state index is 0.0352. The Bertz CT molecular complexity index is 1570.